The van der Waals surface area contributed by atoms with Crippen LogP contribution in [0.1, 0.15) is 17.9 Å². The molecular weight excluding hydrogens is 162 g/mol. The number of methoxy groups -OCH3 is 1. The van der Waals surface area contributed by atoms with Crippen LogP contribution < -0.4 is 0 Å². The monoisotopic (exact) mass is 175 g/mol. The molecule has 0 saturated carbocycles. The van der Waals surface area contributed by atoms with Gasteiger partial charge >= 0.3 is 0 Å². The normalized spacial score (nSPS) is 12.0. The fraction of sp³-hybridized carbons (Fsp3) is 0.364. The minimum atomic E-state index is -0.0406. The summed E-state index contributed by atoms with van der Waals surface area (Å²) in [6.45, 7) is 0.632. The van der Waals surface area contributed by atoms with Gasteiger partial charge in [-0.15, -0.1) is 0 Å². The van der Waals surface area contributed by atoms with Crippen LogP contribution in [0.3, 0.4) is 0 Å². The molecule has 1 unspecified atom stereocenters. The molecule has 0 fully saturated rings. The molecule has 0 aliphatic carbocycles. The van der Waals surface area contributed by atoms with E-state index in [0.717, 1.165) is 12.0 Å². The van der Waals surface area contributed by atoms with Crippen LogP contribution in [0.5, 0.6) is 0 Å². The minimum Gasteiger partial charge on any atom is -0.385 e. The summed E-state index contributed by atoms with van der Waals surface area (Å²) in [5.74, 6) is -0.0406. The number of nitriles is 1. The predicted molar refractivity (Wildman–Crippen MR) is 51.3 cm³/mol. The summed E-state index contributed by atoms with van der Waals surface area (Å²) in [6, 6.07) is 12.1. The Bertz CT molecular complexity index is 276. The number of ether oxygens (including phenoxy) is 1. The zero-order valence-corrected chi connectivity index (χ0v) is 7.73. The van der Waals surface area contributed by atoms with Gasteiger partial charge in [0.25, 0.3) is 0 Å². The van der Waals surface area contributed by atoms with Gasteiger partial charge in [0.1, 0.15) is 0 Å². The summed E-state index contributed by atoms with van der Waals surface area (Å²) in [7, 11) is 1.65. The lowest BCUT2D eigenvalue weighted by Gasteiger charge is -2.07. The molecule has 0 bridgehead atoms. The van der Waals surface area contributed by atoms with E-state index in [9.17, 15) is 0 Å². The molecule has 1 aromatic rings. The van der Waals surface area contributed by atoms with Gasteiger partial charge in [0, 0.05) is 13.7 Å². The van der Waals surface area contributed by atoms with Crippen LogP contribution >= 0.6 is 0 Å². The Labute approximate surface area is 78.8 Å². The highest BCUT2D eigenvalue weighted by Gasteiger charge is 2.08. The van der Waals surface area contributed by atoms with Gasteiger partial charge in [0.15, 0.2) is 0 Å². The first-order chi connectivity index (χ1) is 6.38. The second-order valence-electron chi connectivity index (χ2n) is 2.87. The van der Waals surface area contributed by atoms with E-state index in [1.165, 1.54) is 0 Å². The van der Waals surface area contributed by atoms with E-state index >= 15 is 0 Å². The van der Waals surface area contributed by atoms with Crippen molar-refractivity contribution in [1.82, 2.24) is 0 Å². The summed E-state index contributed by atoms with van der Waals surface area (Å²) in [6.07, 6.45) is 0.761. The molecule has 2 heteroatoms. The fourth-order valence-corrected chi connectivity index (χ4v) is 1.23. The van der Waals surface area contributed by atoms with Crippen LogP contribution in [0.25, 0.3) is 0 Å². The molecule has 0 aromatic heterocycles. The van der Waals surface area contributed by atoms with Crippen molar-refractivity contribution in [2.45, 2.75) is 12.3 Å². The Morgan fingerprint density at radius 3 is 2.62 bits per heavy atom. The lowest BCUT2D eigenvalue weighted by molar-refractivity contribution is 0.192. The van der Waals surface area contributed by atoms with E-state index in [2.05, 4.69) is 6.07 Å². The maximum absolute atomic E-state index is 8.90. The molecule has 68 valence electrons. The molecule has 0 heterocycles. The van der Waals surface area contributed by atoms with Crippen molar-refractivity contribution in [3.63, 3.8) is 0 Å². The summed E-state index contributed by atoms with van der Waals surface area (Å²) in [5.41, 5.74) is 1.07. The second kappa shape index (κ2) is 5.34. The molecule has 0 radical (unpaired) electrons. The number of hydrogen-bond donors (Lipinski definition) is 0. The lowest BCUT2D eigenvalue weighted by Crippen LogP contribution is -2.00. The van der Waals surface area contributed by atoms with Crippen LogP contribution in [-0.4, -0.2) is 13.7 Å². The number of rotatable bonds is 4. The highest BCUT2D eigenvalue weighted by atomic mass is 16.5. The third-order valence-corrected chi connectivity index (χ3v) is 1.97. The summed E-state index contributed by atoms with van der Waals surface area (Å²) in [5, 5.41) is 8.90. The molecular formula is C11H13NO. The molecule has 1 rings (SSSR count). The average Bonchev–Trinajstić information content (AvgIpc) is 2.21. The zero-order valence-electron chi connectivity index (χ0n) is 7.73. The third kappa shape index (κ3) is 2.89. The van der Waals surface area contributed by atoms with Crippen molar-refractivity contribution < 1.29 is 4.74 Å². The summed E-state index contributed by atoms with van der Waals surface area (Å²) in [4.78, 5) is 0. The molecule has 0 saturated heterocycles. The van der Waals surface area contributed by atoms with E-state index in [0.29, 0.717) is 6.61 Å². The number of hydrogen-bond acceptors (Lipinski definition) is 2. The molecule has 0 aliphatic heterocycles. The Hall–Kier alpha value is -1.33. The van der Waals surface area contributed by atoms with Crippen molar-refractivity contribution in [2.75, 3.05) is 13.7 Å². The second-order valence-corrected chi connectivity index (χ2v) is 2.87. The Balaban J connectivity index is 2.63. The van der Waals surface area contributed by atoms with Crippen molar-refractivity contribution in [1.29, 1.82) is 5.26 Å². The van der Waals surface area contributed by atoms with Gasteiger partial charge in [-0.1, -0.05) is 30.3 Å². The van der Waals surface area contributed by atoms with Gasteiger partial charge in [-0.05, 0) is 12.0 Å². The summed E-state index contributed by atoms with van der Waals surface area (Å²) < 4.78 is 4.94. The minimum absolute atomic E-state index is 0.0406. The Morgan fingerprint density at radius 1 is 1.38 bits per heavy atom. The van der Waals surface area contributed by atoms with Gasteiger partial charge in [0.2, 0.25) is 0 Å². The molecule has 0 spiro atoms. The average molecular weight is 175 g/mol. The molecule has 0 amide bonds. The molecule has 1 atom stereocenters. The highest BCUT2D eigenvalue weighted by molar-refractivity contribution is 5.24. The Morgan fingerprint density at radius 2 is 2.08 bits per heavy atom. The van der Waals surface area contributed by atoms with E-state index in [1.807, 2.05) is 30.3 Å². The van der Waals surface area contributed by atoms with Crippen molar-refractivity contribution in [2.24, 2.45) is 0 Å². The number of nitrogens with zero attached hydrogens (tertiary/aromatic N) is 1. The van der Waals surface area contributed by atoms with Crippen molar-refractivity contribution in [3.8, 4) is 6.07 Å². The van der Waals surface area contributed by atoms with Gasteiger partial charge in [-0.3, -0.25) is 0 Å². The van der Waals surface area contributed by atoms with Crippen LogP contribution in [0.4, 0.5) is 0 Å². The van der Waals surface area contributed by atoms with Gasteiger partial charge in [-0.2, -0.15) is 5.26 Å². The lowest BCUT2D eigenvalue weighted by atomic mass is 9.98. The molecule has 1 aromatic carbocycles. The zero-order chi connectivity index (χ0) is 9.52. The maximum Gasteiger partial charge on any atom is 0.0734 e. The van der Waals surface area contributed by atoms with Gasteiger partial charge in [0.05, 0.1) is 12.0 Å². The SMILES string of the molecule is COCCC(C#N)c1ccccc1. The molecule has 0 N–H and O–H groups in total. The van der Waals surface area contributed by atoms with Crippen LogP contribution in [0.2, 0.25) is 0 Å². The quantitative estimate of drug-likeness (QED) is 0.703. The van der Waals surface area contributed by atoms with E-state index in [1.54, 1.807) is 7.11 Å². The molecule has 0 aliphatic rings. The standard InChI is InChI=1S/C11H13NO/c1-13-8-7-11(9-12)10-5-3-2-4-6-10/h2-6,11H,7-8H2,1H3. The van der Waals surface area contributed by atoms with E-state index in [4.69, 9.17) is 10.00 Å². The molecule has 13 heavy (non-hydrogen) atoms. The van der Waals surface area contributed by atoms with Gasteiger partial charge < -0.3 is 4.74 Å². The Kier molecular flexibility index (Phi) is 4.01. The highest BCUT2D eigenvalue weighted by Crippen LogP contribution is 2.17. The van der Waals surface area contributed by atoms with E-state index < -0.39 is 0 Å². The maximum atomic E-state index is 8.90. The smallest absolute Gasteiger partial charge is 0.0734 e. The van der Waals surface area contributed by atoms with Crippen molar-refractivity contribution >= 4 is 0 Å². The topological polar surface area (TPSA) is 33.0 Å². The fourth-order valence-electron chi connectivity index (χ4n) is 1.23. The largest absolute Gasteiger partial charge is 0.385 e. The summed E-state index contributed by atoms with van der Waals surface area (Å²) >= 11 is 0. The van der Waals surface area contributed by atoms with Crippen LogP contribution in [0, 0.1) is 11.3 Å². The van der Waals surface area contributed by atoms with Crippen molar-refractivity contribution in [3.05, 3.63) is 35.9 Å². The van der Waals surface area contributed by atoms with Gasteiger partial charge in [-0.25, -0.2) is 0 Å². The van der Waals surface area contributed by atoms with Crippen LogP contribution in [-0.2, 0) is 4.74 Å². The predicted octanol–water partition coefficient (Wildman–Crippen LogP) is 2.33. The first-order valence-electron chi connectivity index (χ1n) is 4.32. The first-order valence-corrected chi connectivity index (χ1v) is 4.32. The van der Waals surface area contributed by atoms with E-state index in [-0.39, 0.29) is 5.92 Å². The van der Waals surface area contributed by atoms with Crippen LogP contribution in [0.15, 0.2) is 30.3 Å². The number of benzene rings is 1. The first kappa shape index (κ1) is 9.76. The molecule has 2 nitrogen and oxygen atoms in total. The third-order valence-electron chi connectivity index (χ3n) is 1.97.